The van der Waals surface area contributed by atoms with Gasteiger partial charge in [0.05, 0.1) is 0 Å². The summed E-state index contributed by atoms with van der Waals surface area (Å²) in [6, 6.07) is 0. The Morgan fingerprint density at radius 2 is 1.76 bits per heavy atom. The Labute approximate surface area is 109 Å². The zero-order valence-electron chi connectivity index (χ0n) is 13.0. The largest absolute Gasteiger partial charge is 0.126 e. The molecular weight excluding hydrogens is 203 g/mol. The van der Waals surface area contributed by atoms with Crippen LogP contribution >= 0.6 is 0 Å². The van der Waals surface area contributed by atoms with Crippen molar-refractivity contribution >= 4 is 7.28 Å². The lowest BCUT2D eigenvalue weighted by Gasteiger charge is -2.48. The molecule has 2 rings (SSSR count). The van der Waals surface area contributed by atoms with Crippen LogP contribution in [0, 0.1) is 16.7 Å². The Bertz CT molecular complexity index is 312. The van der Waals surface area contributed by atoms with Gasteiger partial charge in [0, 0.05) is 0 Å². The molecule has 0 nitrogen and oxygen atoms in total. The van der Waals surface area contributed by atoms with Gasteiger partial charge in [-0.1, -0.05) is 60.2 Å². The van der Waals surface area contributed by atoms with E-state index in [0.29, 0.717) is 21.5 Å². The average Bonchev–Trinajstić information content (AvgIpc) is 2.61. The molecule has 2 saturated carbocycles. The van der Waals surface area contributed by atoms with E-state index >= 15 is 0 Å². The van der Waals surface area contributed by atoms with E-state index in [9.17, 15) is 0 Å². The second kappa shape index (κ2) is 3.55. The first-order chi connectivity index (χ1) is 7.56. The summed E-state index contributed by atoms with van der Waals surface area (Å²) in [6.07, 6.45) is 5.70. The molecule has 2 aliphatic rings. The molecule has 1 heteroatoms. The first kappa shape index (κ1) is 13.5. The summed E-state index contributed by atoms with van der Waals surface area (Å²) in [6.45, 7) is 16.8. The fourth-order valence-electron chi connectivity index (χ4n) is 4.57. The SMILES string of the molecule is CCC(C)(C)CC12CC(C)C1([B]C(C)(C)C)C2. The van der Waals surface area contributed by atoms with E-state index in [1.54, 1.807) is 0 Å². The molecule has 17 heavy (non-hydrogen) atoms. The van der Waals surface area contributed by atoms with Crippen LogP contribution in [0.15, 0.2) is 0 Å². The molecule has 0 saturated heterocycles. The predicted octanol–water partition coefficient (Wildman–Crippen LogP) is 5.32. The van der Waals surface area contributed by atoms with E-state index < -0.39 is 0 Å². The zero-order valence-corrected chi connectivity index (χ0v) is 13.0. The van der Waals surface area contributed by atoms with Crippen molar-refractivity contribution in [2.45, 2.75) is 84.8 Å². The number of hydrogen-bond acceptors (Lipinski definition) is 0. The van der Waals surface area contributed by atoms with E-state index in [1.807, 2.05) is 0 Å². The summed E-state index contributed by atoms with van der Waals surface area (Å²) in [5.74, 6) is 0.925. The summed E-state index contributed by atoms with van der Waals surface area (Å²) in [5.41, 5.74) is 1.23. The Morgan fingerprint density at radius 1 is 1.18 bits per heavy atom. The minimum atomic E-state index is 0.382. The van der Waals surface area contributed by atoms with Crippen molar-refractivity contribution in [3.63, 3.8) is 0 Å². The van der Waals surface area contributed by atoms with Crippen molar-refractivity contribution < 1.29 is 0 Å². The first-order valence-corrected chi connectivity index (χ1v) is 7.43. The molecule has 0 aliphatic heterocycles. The van der Waals surface area contributed by atoms with Gasteiger partial charge < -0.3 is 0 Å². The van der Waals surface area contributed by atoms with E-state index in [2.05, 4.69) is 55.7 Å². The van der Waals surface area contributed by atoms with Gasteiger partial charge in [-0.3, -0.25) is 0 Å². The molecule has 0 aromatic carbocycles. The van der Waals surface area contributed by atoms with E-state index in [4.69, 9.17) is 0 Å². The lowest BCUT2D eigenvalue weighted by atomic mass is 9.36. The van der Waals surface area contributed by atoms with Crippen molar-refractivity contribution in [2.24, 2.45) is 16.7 Å². The molecule has 3 atom stereocenters. The van der Waals surface area contributed by atoms with Gasteiger partial charge in [-0.2, -0.15) is 0 Å². The Hall–Kier alpha value is 0.0649. The third kappa shape index (κ3) is 2.08. The van der Waals surface area contributed by atoms with Crippen LogP contribution in [-0.2, 0) is 0 Å². The number of hydrogen-bond donors (Lipinski definition) is 0. The molecule has 2 fully saturated rings. The van der Waals surface area contributed by atoms with E-state index in [1.165, 1.54) is 25.7 Å². The molecule has 3 unspecified atom stereocenters. The molecule has 0 aromatic heterocycles. The second-order valence-electron chi connectivity index (χ2n) is 8.81. The van der Waals surface area contributed by atoms with Gasteiger partial charge in [-0.15, -0.1) is 0 Å². The quantitative estimate of drug-likeness (QED) is 0.576. The van der Waals surface area contributed by atoms with Crippen molar-refractivity contribution in [2.75, 3.05) is 0 Å². The fraction of sp³-hybridized carbons (Fsp3) is 1.00. The van der Waals surface area contributed by atoms with Crippen LogP contribution in [0.3, 0.4) is 0 Å². The molecular formula is C16H30B. The second-order valence-corrected chi connectivity index (χ2v) is 8.81. The number of rotatable bonds is 4. The lowest BCUT2D eigenvalue weighted by Crippen LogP contribution is -2.39. The summed E-state index contributed by atoms with van der Waals surface area (Å²) < 4.78 is 0. The topological polar surface area (TPSA) is 0 Å². The van der Waals surface area contributed by atoms with Crippen LogP contribution in [0.25, 0.3) is 0 Å². The molecule has 0 aromatic rings. The van der Waals surface area contributed by atoms with Crippen molar-refractivity contribution in [3.8, 4) is 0 Å². The highest BCUT2D eigenvalue weighted by atomic mass is 14.8. The molecule has 0 spiro atoms. The van der Waals surface area contributed by atoms with Crippen molar-refractivity contribution in [1.82, 2.24) is 0 Å². The van der Waals surface area contributed by atoms with E-state index in [0.717, 1.165) is 5.92 Å². The maximum Gasteiger partial charge on any atom is 0.126 e. The minimum absolute atomic E-state index is 0.382. The summed E-state index contributed by atoms with van der Waals surface area (Å²) >= 11 is 0. The van der Waals surface area contributed by atoms with Crippen LogP contribution in [-0.4, -0.2) is 7.28 Å². The molecule has 0 heterocycles. The molecule has 0 N–H and O–H groups in total. The third-order valence-electron chi connectivity index (χ3n) is 5.53. The Balaban J connectivity index is 2.07. The Kier molecular flexibility index (Phi) is 2.82. The fourth-order valence-corrected chi connectivity index (χ4v) is 4.57. The highest BCUT2D eigenvalue weighted by molar-refractivity contribution is 6.46. The summed E-state index contributed by atoms with van der Waals surface area (Å²) in [7, 11) is 2.69. The van der Waals surface area contributed by atoms with Crippen LogP contribution in [0.4, 0.5) is 0 Å². The van der Waals surface area contributed by atoms with Gasteiger partial charge in [0.2, 0.25) is 0 Å². The van der Waals surface area contributed by atoms with Crippen molar-refractivity contribution in [3.05, 3.63) is 0 Å². The summed E-state index contributed by atoms with van der Waals surface area (Å²) in [5, 5.41) is 0.991. The number of fused-ring (bicyclic) bond motifs is 1. The predicted molar refractivity (Wildman–Crippen MR) is 77.7 cm³/mol. The normalized spacial score (nSPS) is 40.5. The van der Waals surface area contributed by atoms with Crippen LogP contribution in [0.1, 0.15) is 74.1 Å². The lowest BCUT2D eigenvalue weighted by molar-refractivity contribution is 0.127. The molecule has 1 radical (unpaired) electrons. The molecule has 0 amide bonds. The van der Waals surface area contributed by atoms with Gasteiger partial charge in [0.1, 0.15) is 7.28 Å². The maximum atomic E-state index is 2.69. The smallest absolute Gasteiger partial charge is 0.0674 e. The Morgan fingerprint density at radius 3 is 2.18 bits per heavy atom. The van der Waals surface area contributed by atoms with Crippen LogP contribution in [0.5, 0.6) is 0 Å². The highest BCUT2D eigenvalue weighted by Crippen LogP contribution is 2.89. The third-order valence-corrected chi connectivity index (χ3v) is 5.53. The highest BCUT2D eigenvalue weighted by Gasteiger charge is 2.77. The molecule has 0 bridgehead atoms. The standard InChI is InChI=1S/C16H30B/c1-8-14(6,7)10-15-9-12(2)16(15,11-15)17-13(3,4)5/h12H,8-11H2,1-7H3. The summed E-state index contributed by atoms with van der Waals surface area (Å²) in [4.78, 5) is 0. The van der Waals surface area contributed by atoms with Gasteiger partial charge in [0.25, 0.3) is 0 Å². The van der Waals surface area contributed by atoms with E-state index in [-0.39, 0.29) is 0 Å². The van der Waals surface area contributed by atoms with Gasteiger partial charge in [-0.25, -0.2) is 0 Å². The van der Waals surface area contributed by atoms with Crippen molar-refractivity contribution in [1.29, 1.82) is 0 Å². The van der Waals surface area contributed by atoms with Gasteiger partial charge in [-0.05, 0) is 41.3 Å². The minimum Gasteiger partial charge on any atom is -0.0674 e. The van der Waals surface area contributed by atoms with Crippen LogP contribution < -0.4 is 0 Å². The van der Waals surface area contributed by atoms with Crippen LogP contribution in [0.2, 0.25) is 10.6 Å². The first-order valence-electron chi connectivity index (χ1n) is 7.43. The molecule has 97 valence electrons. The van der Waals surface area contributed by atoms with Gasteiger partial charge in [0.15, 0.2) is 0 Å². The van der Waals surface area contributed by atoms with Gasteiger partial charge >= 0.3 is 0 Å². The maximum absolute atomic E-state index is 2.69. The zero-order chi connectivity index (χ0) is 13.1. The molecule has 2 aliphatic carbocycles. The average molecular weight is 233 g/mol. The monoisotopic (exact) mass is 233 g/mol.